The lowest BCUT2D eigenvalue weighted by Crippen LogP contribution is -2.44. The lowest BCUT2D eigenvalue weighted by Gasteiger charge is -2.27. The van der Waals surface area contributed by atoms with Crippen LogP contribution in [0.4, 0.5) is 0 Å². The van der Waals surface area contributed by atoms with Crippen molar-refractivity contribution in [3.8, 4) is 0 Å². The number of carbonyl (C=O) groups excluding carboxylic acids is 2. The first-order chi connectivity index (χ1) is 9.29. The van der Waals surface area contributed by atoms with Crippen molar-refractivity contribution in [2.45, 2.75) is 45.3 Å². The lowest BCUT2D eigenvalue weighted by atomic mass is 10.1. The number of hydrogen-bond acceptors (Lipinski definition) is 4. The smallest absolute Gasteiger partial charge is 0.329 e. The quantitative estimate of drug-likeness (QED) is 0.767. The molecule has 2 heterocycles. The first kappa shape index (κ1) is 14.6. The third-order valence-corrected chi connectivity index (χ3v) is 3.23. The van der Waals surface area contributed by atoms with Crippen LogP contribution in [0.3, 0.4) is 0 Å². The molecule has 1 amide bonds. The van der Waals surface area contributed by atoms with Gasteiger partial charge in [-0.1, -0.05) is 0 Å². The molecule has 1 aliphatic heterocycles. The number of carbonyl (C=O) groups is 2. The zero-order valence-corrected chi connectivity index (χ0v) is 12.4. The van der Waals surface area contributed by atoms with Crippen LogP contribution in [0.1, 0.15) is 44.1 Å². The van der Waals surface area contributed by atoms with Gasteiger partial charge >= 0.3 is 5.97 Å². The first-order valence-corrected chi connectivity index (χ1v) is 6.81. The van der Waals surface area contributed by atoms with Crippen LogP contribution >= 0.6 is 0 Å². The fourth-order valence-corrected chi connectivity index (χ4v) is 2.36. The van der Waals surface area contributed by atoms with Crippen molar-refractivity contribution >= 4 is 11.9 Å². The van der Waals surface area contributed by atoms with Crippen LogP contribution < -0.4 is 0 Å². The molecule has 0 aromatic carbocycles. The van der Waals surface area contributed by atoms with E-state index in [9.17, 15) is 9.59 Å². The molecule has 110 valence electrons. The fraction of sp³-hybridized carbons (Fsp3) is 0.643. The van der Waals surface area contributed by atoms with E-state index in [1.165, 1.54) is 4.68 Å². The number of hydrogen-bond donors (Lipinski definition) is 0. The van der Waals surface area contributed by atoms with Crippen molar-refractivity contribution in [1.82, 2.24) is 14.7 Å². The third kappa shape index (κ3) is 3.00. The zero-order valence-electron chi connectivity index (χ0n) is 12.4. The van der Waals surface area contributed by atoms with Crippen molar-refractivity contribution in [3.63, 3.8) is 0 Å². The third-order valence-electron chi connectivity index (χ3n) is 3.23. The summed E-state index contributed by atoms with van der Waals surface area (Å²) < 4.78 is 6.92. The number of aryl methyl sites for hydroxylation is 1. The molecule has 0 spiro atoms. The lowest BCUT2D eigenvalue weighted by molar-refractivity contribution is -0.159. The zero-order chi connectivity index (χ0) is 14.9. The Balaban J connectivity index is 2.13. The molecule has 1 aromatic rings. The summed E-state index contributed by atoms with van der Waals surface area (Å²) in [6, 6.07) is 1.17. The van der Waals surface area contributed by atoms with Gasteiger partial charge in [-0.25, -0.2) is 4.79 Å². The molecule has 6 heteroatoms. The van der Waals surface area contributed by atoms with E-state index < -0.39 is 11.6 Å². The standard InChI is InChI=1S/C14H21N3O3/c1-14(2,3)20-13(19)11-6-5-9-17(11)12(18)10-7-8-15-16(10)4/h7-8,11H,5-6,9H2,1-4H3/t11-/m1/s1. The maximum absolute atomic E-state index is 12.5. The second-order valence-corrected chi connectivity index (χ2v) is 6.03. The Morgan fingerprint density at radius 1 is 1.40 bits per heavy atom. The Bertz CT molecular complexity index is 516. The van der Waals surface area contributed by atoms with Crippen LogP contribution in [-0.4, -0.2) is 44.7 Å². The maximum atomic E-state index is 12.5. The molecule has 2 rings (SSSR count). The minimum atomic E-state index is -0.541. The molecule has 1 saturated heterocycles. The largest absolute Gasteiger partial charge is 0.458 e. The van der Waals surface area contributed by atoms with Gasteiger partial charge in [-0.2, -0.15) is 5.10 Å². The number of esters is 1. The Hall–Kier alpha value is -1.85. The van der Waals surface area contributed by atoms with E-state index in [0.717, 1.165) is 6.42 Å². The Kier molecular flexibility index (Phi) is 3.83. The van der Waals surface area contributed by atoms with Crippen LogP contribution in [0.2, 0.25) is 0 Å². The van der Waals surface area contributed by atoms with Crippen LogP contribution in [0.5, 0.6) is 0 Å². The molecule has 0 N–H and O–H groups in total. The average molecular weight is 279 g/mol. The van der Waals surface area contributed by atoms with Crippen molar-refractivity contribution in [3.05, 3.63) is 18.0 Å². The molecule has 6 nitrogen and oxygen atoms in total. The van der Waals surface area contributed by atoms with Crippen molar-refractivity contribution in [2.24, 2.45) is 7.05 Å². The normalized spacial score (nSPS) is 19.2. The van der Waals surface area contributed by atoms with Crippen molar-refractivity contribution < 1.29 is 14.3 Å². The highest BCUT2D eigenvalue weighted by molar-refractivity contribution is 5.95. The summed E-state index contributed by atoms with van der Waals surface area (Å²) in [5.74, 6) is -0.496. The van der Waals surface area contributed by atoms with Gasteiger partial charge in [0.15, 0.2) is 0 Å². The summed E-state index contributed by atoms with van der Waals surface area (Å²) >= 11 is 0. The number of likely N-dealkylation sites (tertiary alicyclic amines) is 1. The number of rotatable bonds is 2. The van der Waals surface area contributed by atoms with E-state index in [2.05, 4.69) is 5.10 Å². The molecular weight excluding hydrogens is 258 g/mol. The van der Waals surface area contributed by atoms with Crippen molar-refractivity contribution in [1.29, 1.82) is 0 Å². The van der Waals surface area contributed by atoms with Gasteiger partial charge in [-0.3, -0.25) is 9.48 Å². The highest BCUT2D eigenvalue weighted by Crippen LogP contribution is 2.23. The maximum Gasteiger partial charge on any atom is 0.329 e. The molecule has 0 saturated carbocycles. The summed E-state index contributed by atoms with van der Waals surface area (Å²) in [6.07, 6.45) is 3.04. The minimum absolute atomic E-state index is 0.168. The molecular formula is C14H21N3O3. The van der Waals surface area contributed by atoms with Crippen LogP contribution in [0.25, 0.3) is 0 Å². The van der Waals surface area contributed by atoms with E-state index in [1.54, 1.807) is 24.2 Å². The van der Waals surface area contributed by atoms with Gasteiger partial charge < -0.3 is 9.64 Å². The summed E-state index contributed by atoms with van der Waals surface area (Å²) in [6.45, 7) is 6.06. The van der Waals surface area contributed by atoms with Gasteiger partial charge in [0.05, 0.1) is 0 Å². The SMILES string of the molecule is Cn1nccc1C(=O)N1CCC[C@@H]1C(=O)OC(C)(C)C. The number of aromatic nitrogens is 2. The molecule has 0 bridgehead atoms. The van der Waals surface area contributed by atoms with E-state index >= 15 is 0 Å². The van der Waals surface area contributed by atoms with Crippen LogP contribution in [-0.2, 0) is 16.6 Å². The van der Waals surface area contributed by atoms with Gasteiger partial charge in [-0.05, 0) is 39.7 Å². The fourth-order valence-electron chi connectivity index (χ4n) is 2.36. The Morgan fingerprint density at radius 3 is 2.65 bits per heavy atom. The molecule has 1 atom stereocenters. The average Bonchev–Trinajstić information content (AvgIpc) is 2.93. The molecule has 1 aliphatic rings. The van der Waals surface area contributed by atoms with Gasteiger partial charge in [-0.15, -0.1) is 0 Å². The van der Waals surface area contributed by atoms with Crippen LogP contribution in [0, 0.1) is 0 Å². The van der Waals surface area contributed by atoms with Crippen LogP contribution in [0.15, 0.2) is 12.3 Å². The molecule has 20 heavy (non-hydrogen) atoms. The Labute approximate surface area is 118 Å². The number of nitrogens with zero attached hydrogens (tertiary/aromatic N) is 3. The van der Waals surface area contributed by atoms with Gasteiger partial charge in [0.2, 0.25) is 0 Å². The molecule has 0 unspecified atom stereocenters. The Morgan fingerprint density at radius 2 is 2.10 bits per heavy atom. The summed E-state index contributed by atoms with van der Waals surface area (Å²) in [5, 5.41) is 3.99. The van der Waals surface area contributed by atoms with Gasteiger partial charge in [0.25, 0.3) is 5.91 Å². The second-order valence-electron chi connectivity index (χ2n) is 6.03. The highest BCUT2D eigenvalue weighted by atomic mass is 16.6. The predicted molar refractivity (Wildman–Crippen MR) is 73.1 cm³/mol. The second kappa shape index (κ2) is 5.26. The van der Waals surface area contributed by atoms with E-state index in [-0.39, 0.29) is 11.9 Å². The highest BCUT2D eigenvalue weighted by Gasteiger charge is 2.37. The summed E-state index contributed by atoms with van der Waals surface area (Å²) in [5.41, 5.74) is -0.0542. The molecule has 0 aliphatic carbocycles. The van der Waals surface area contributed by atoms with Crippen molar-refractivity contribution in [2.75, 3.05) is 6.54 Å². The minimum Gasteiger partial charge on any atom is -0.458 e. The van der Waals surface area contributed by atoms with E-state index in [4.69, 9.17) is 4.74 Å². The van der Waals surface area contributed by atoms with E-state index in [0.29, 0.717) is 18.7 Å². The number of amides is 1. The molecule has 1 aromatic heterocycles. The predicted octanol–water partition coefficient (Wildman–Crippen LogP) is 1.37. The molecule has 1 fully saturated rings. The van der Waals surface area contributed by atoms with Gasteiger partial charge in [0.1, 0.15) is 17.3 Å². The first-order valence-electron chi connectivity index (χ1n) is 6.81. The summed E-state index contributed by atoms with van der Waals surface area (Å²) in [7, 11) is 1.71. The monoisotopic (exact) mass is 279 g/mol. The summed E-state index contributed by atoms with van der Waals surface area (Å²) in [4.78, 5) is 26.2. The van der Waals surface area contributed by atoms with E-state index in [1.807, 2.05) is 20.8 Å². The van der Waals surface area contributed by atoms with Gasteiger partial charge in [0, 0.05) is 19.8 Å². The number of ether oxygens (including phenoxy) is 1. The topological polar surface area (TPSA) is 64.4 Å². The molecule has 0 radical (unpaired) electrons.